The van der Waals surface area contributed by atoms with Crippen molar-refractivity contribution < 1.29 is 4.74 Å². The first-order valence-corrected chi connectivity index (χ1v) is 6.82. The van der Waals surface area contributed by atoms with E-state index in [1.165, 1.54) is 12.8 Å². The van der Waals surface area contributed by atoms with E-state index in [1.54, 1.807) is 0 Å². The van der Waals surface area contributed by atoms with Gasteiger partial charge < -0.3 is 10.1 Å². The topological polar surface area (TPSA) is 52.0 Å². The van der Waals surface area contributed by atoms with Crippen molar-refractivity contribution >= 4 is 11.8 Å². The van der Waals surface area contributed by atoms with E-state index in [0.717, 1.165) is 43.0 Å². The number of morpholine rings is 1. The van der Waals surface area contributed by atoms with E-state index in [-0.39, 0.29) is 6.10 Å². The van der Waals surface area contributed by atoms with Crippen molar-refractivity contribution in [2.45, 2.75) is 30.6 Å². The van der Waals surface area contributed by atoms with Crippen molar-refractivity contribution in [1.82, 2.24) is 20.1 Å². The number of fused-ring (bicyclic) bond motifs is 1. The molecule has 16 heavy (non-hydrogen) atoms. The predicted octanol–water partition coefficient (Wildman–Crippen LogP) is 0.825. The average Bonchev–Trinajstić information content (AvgIpc) is 2.62. The SMILES string of the molecule is C1CCn2nc(C3CNCCO3)nc2SC1. The molecule has 1 saturated heterocycles. The molecule has 0 amide bonds. The summed E-state index contributed by atoms with van der Waals surface area (Å²) in [5, 5.41) is 8.92. The average molecular weight is 240 g/mol. The Kier molecular flexibility index (Phi) is 3.12. The maximum atomic E-state index is 5.66. The fraction of sp³-hybridized carbons (Fsp3) is 0.800. The Morgan fingerprint density at radius 3 is 3.31 bits per heavy atom. The largest absolute Gasteiger partial charge is 0.367 e. The molecule has 6 heteroatoms. The molecule has 0 radical (unpaired) electrons. The molecule has 0 saturated carbocycles. The molecule has 0 aromatic carbocycles. The monoisotopic (exact) mass is 240 g/mol. The van der Waals surface area contributed by atoms with E-state index >= 15 is 0 Å². The molecular weight excluding hydrogens is 224 g/mol. The van der Waals surface area contributed by atoms with Crippen LogP contribution >= 0.6 is 11.8 Å². The maximum Gasteiger partial charge on any atom is 0.186 e. The van der Waals surface area contributed by atoms with Gasteiger partial charge in [0.15, 0.2) is 11.0 Å². The number of rotatable bonds is 1. The third-order valence-electron chi connectivity index (χ3n) is 2.87. The Labute approximate surface area is 99.0 Å². The van der Waals surface area contributed by atoms with Crippen LogP contribution in [0.4, 0.5) is 0 Å². The second-order valence-electron chi connectivity index (χ2n) is 4.09. The van der Waals surface area contributed by atoms with Gasteiger partial charge in [0.05, 0.1) is 6.61 Å². The van der Waals surface area contributed by atoms with Crippen LogP contribution < -0.4 is 5.32 Å². The number of aryl methyl sites for hydroxylation is 1. The second-order valence-corrected chi connectivity index (χ2v) is 5.16. The molecule has 1 aromatic heterocycles. The quantitative estimate of drug-likeness (QED) is 0.788. The highest BCUT2D eigenvalue weighted by molar-refractivity contribution is 7.99. The van der Waals surface area contributed by atoms with E-state index in [0.29, 0.717) is 0 Å². The summed E-state index contributed by atoms with van der Waals surface area (Å²) in [6.07, 6.45) is 2.49. The Morgan fingerprint density at radius 2 is 2.44 bits per heavy atom. The molecule has 0 bridgehead atoms. The van der Waals surface area contributed by atoms with Crippen LogP contribution in [0.25, 0.3) is 0 Å². The van der Waals surface area contributed by atoms with Crippen molar-refractivity contribution in [3.05, 3.63) is 5.82 Å². The fourth-order valence-corrected chi connectivity index (χ4v) is 2.96. The van der Waals surface area contributed by atoms with Crippen LogP contribution in [0.3, 0.4) is 0 Å². The van der Waals surface area contributed by atoms with Crippen LogP contribution in [0.5, 0.6) is 0 Å². The van der Waals surface area contributed by atoms with Crippen molar-refractivity contribution in [2.75, 3.05) is 25.4 Å². The van der Waals surface area contributed by atoms with Crippen molar-refractivity contribution in [3.8, 4) is 0 Å². The van der Waals surface area contributed by atoms with E-state index in [4.69, 9.17) is 4.74 Å². The van der Waals surface area contributed by atoms with Gasteiger partial charge in [-0.2, -0.15) is 5.10 Å². The first kappa shape index (κ1) is 10.6. The zero-order valence-electron chi connectivity index (χ0n) is 9.19. The lowest BCUT2D eigenvalue weighted by Crippen LogP contribution is -2.34. The molecule has 2 aliphatic rings. The van der Waals surface area contributed by atoms with Gasteiger partial charge in [-0.3, -0.25) is 0 Å². The van der Waals surface area contributed by atoms with E-state index < -0.39 is 0 Å². The smallest absolute Gasteiger partial charge is 0.186 e. The minimum absolute atomic E-state index is 0.0359. The molecule has 1 N–H and O–H groups in total. The molecule has 3 heterocycles. The molecule has 3 rings (SSSR count). The molecule has 1 fully saturated rings. The van der Waals surface area contributed by atoms with Gasteiger partial charge in [0.1, 0.15) is 6.10 Å². The van der Waals surface area contributed by atoms with Crippen LogP contribution in [-0.4, -0.2) is 40.2 Å². The molecule has 1 aromatic rings. The van der Waals surface area contributed by atoms with Gasteiger partial charge in [-0.25, -0.2) is 9.67 Å². The Morgan fingerprint density at radius 1 is 1.44 bits per heavy atom. The predicted molar refractivity (Wildman–Crippen MR) is 61.5 cm³/mol. The lowest BCUT2D eigenvalue weighted by atomic mass is 10.3. The van der Waals surface area contributed by atoms with Crippen molar-refractivity contribution in [2.24, 2.45) is 0 Å². The zero-order valence-corrected chi connectivity index (χ0v) is 10.0. The second kappa shape index (κ2) is 4.73. The van der Waals surface area contributed by atoms with E-state index in [2.05, 4.69) is 15.4 Å². The van der Waals surface area contributed by atoms with E-state index in [1.807, 2.05) is 16.4 Å². The molecule has 2 aliphatic heterocycles. The number of hydrogen-bond donors (Lipinski definition) is 1. The summed E-state index contributed by atoms with van der Waals surface area (Å²) < 4.78 is 7.70. The number of ether oxygens (including phenoxy) is 1. The standard InChI is InChI=1S/C10H16N4OS/c1-2-6-16-10-12-9(13-14(10)4-1)8-7-11-3-5-15-8/h8,11H,1-7H2. The lowest BCUT2D eigenvalue weighted by Gasteiger charge is -2.20. The minimum atomic E-state index is 0.0359. The number of hydrogen-bond acceptors (Lipinski definition) is 5. The highest BCUT2D eigenvalue weighted by Gasteiger charge is 2.22. The first-order valence-electron chi connectivity index (χ1n) is 5.83. The summed E-state index contributed by atoms with van der Waals surface area (Å²) in [7, 11) is 0. The summed E-state index contributed by atoms with van der Waals surface area (Å²) in [6, 6.07) is 0. The highest BCUT2D eigenvalue weighted by Crippen LogP contribution is 2.24. The molecule has 0 aliphatic carbocycles. The van der Waals surface area contributed by atoms with Crippen molar-refractivity contribution in [3.63, 3.8) is 0 Å². The van der Waals surface area contributed by atoms with Gasteiger partial charge in [0.25, 0.3) is 0 Å². The van der Waals surface area contributed by atoms with Crippen molar-refractivity contribution in [1.29, 1.82) is 0 Å². The van der Waals surface area contributed by atoms with Crippen LogP contribution in [0.15, 0.2) is 5.16 Å². The number of thioether (sulfide) groups is 1. The number of nitrogens with zero attached hydrogens (tertiary/aromatic N) is 3. The summed E-state index contributed by atoms with van der Waals surface area (Å²) >= 11 is 1.81. The summed E-state index contributed by atoms with van der Waals surface area (Å²) in [6.45, 7) is 3.50. The molecule has 5 nitrogen and oxygen atoms in total. The van der Waals surface area contributed by atoms with Gasteiger partial charge in [0.2, 0.25) is 0 Å². The summed E-state index contributed by atoms with van der Waals surface area (Å²) in [4.78, 5) is 4.58. The molecular formula is C10H16N4OS. The highest BCUT2D eigenvalue weighted by atomic mass is 32.2. The zero-order chi connectivity index (χ0) is 10.8. The van der Waals surface area contributed by atoms with Crippen LogP contribution in [0, 0.1) is 0 Å². The Bertz CT molecular complexity index is 338. The van der Waals surface area contributed by atoms with Gasteiger partial charge in [-0.15, -0.1) is 0 Å². The normalized spacial score (nSPS) is 26.1. The van der Waals surface area contributed by atoms with Gasteiger partial charge in [-0.1, -0.05) is 11.8 Å². The third kappa shape index (κ3) is 2.09. The molecule has 88 valence electrons. The fourth-order valence-electron chi connectivity index (χ4n) is 1.99. The molecule has 1 atom stereocenters. The summed E-state index contributed by atoms with van der Waals surface area (Å²) in [5.41, 5.74) is 0. The Balaban J connectivity index is 1.80. The first-order chi connectivity index (χ1) is 7.93. The van der Waals surface area contributed by atoms with Crippen LogP contribution in [-0.2, 0) is 11.3 Å². The molecule has 1 unspecified atom stereocenters. The van der Waals surface area contributed by atoms with Crippen LogP contribution in [0.1, 0.15) is 24.8 Å². The van der Waals surface area contributed by atoms with Gasteiger partial charge >= 0.3 is 0 Å². The third-order valence-corrected chi connectivity index (χ3v) is 3.92. The Hall–Kier alpha value is -0.590. The maximum absolute atomic E-state index is 5.66. The van der Waals surface area contributed by atoms with Crippen LogP contribution in [0.2, 0.25) is 0 Å². The molecule has 0 spiro atoms. The lowest BCUT2D eigenvalue weighted by molar-refractivity contribution is 0.0219. The number of nitrogens with one attached hydrogen (secondary N) is 1. The van der Waals surface area contributed by atoms with Gasteiger partial charge in [-0.05, 0) is 12.8 Å². The van der Waals surface area contributed by atoms with E-state index in [9.17, 15) is 0 Å². The summed E-state index contributed by atoms with van der Waals surface area (Å²) in [5.74, 6) is 2.00. The van der Waals surface area contributed by atoms with Gasteiger partial charge in [0, 0.05) is 25.4 Å². The number of aromatic nitrogens is 3. The minimum Gasteiger partial charge on any atom is -0.367 e.